The molecule has 0 aromatic carbocycles. The Kier molecular flexibility index (Phi) is 5.03. The molecule has 2 unspecified atom stereocenters. The SMILES string of the molecule is CCC(C)C(C)(O)CNC(=O)c1cn(C)nc1-c1cccs1. The lowest BCUT2D eigenvalue weighted by Gasteiger charge is -2.29. The molecule has 2 rings (SSSR count). The molecule has 0 saturated heterocycles. The van der Waals surface area contributed by atoms with Gasteiger partial charge >= 0.3 is 0 Å². The first kappa shape index (κ1) is 16.7. The summed E-state index contributed by atoms with van der Waals surface area (Å²) in [6.07, 6.45) is 2.57. The molecule has 0 aliphatic heterocycles. The minimum Gasteiger partial charge on any atom is -0.388 e. The molecule has 2 N–H and O–H groups in total. The molecule has 0 fully saturated rings. The van der Waals surface area contributed by atoms with Crippen LogP contribution in [-0.2, 0) is 7.05 Å². The molecule has 2 aromatic heterocycles. The topological polar surface area (TPSA) is 67.2 Å². The molecule has 0 bridgehead atoms. The van der Waals surface area contributed by atoms with E-state index in [2.05, 4.69) is 10.4 Å². The van der Waals surface area contributed by atoms with Gasteiger partial charge in [0.05, 0.1) is 16.0 Å². The summed E-state index contributed by atoms with van der Waals surface area (Å²) in [5.41, 5.74) is 0.290. The predicted molar refractivity (Wildman–Crippen MR) is 88.9 cm³/mol. The summed E-state index contributed by atoms with van der Waals surface area (Å²) >= 11 is 1.55. The molecule has 0 spiro atoms. The summed E-state index contributed by atoms with van der Waals surface area (Å²) in [6, 6.07) is 3.88. The molecule has 2 aromatic rings. The van der Waals surface area contributed by atoms with Crippen molar-refractivity contribution in [3.05, 3.63) is 29.3 Å². The van der Waals surface area contributed by atoms with Gasteiger partial charge in [-0.05, 0) is 24.3 Å². The van der Waals surface area contributed by atoms with E-state index in [4.69, 9.17) is 0 Å². The van der Waals surface area contributed by atoms with Gasteiger partial charge in [-0.25, -0.2) is 0 Å². The van der Waals surface area contributed by atoms with Crippen molar-refractivity contribution < 1.29 is 9.90 Å². The smallest absolute Gasteiger partial charge is 0.255 e. The second-order valence-corrected chi connectivity index (χ2v) is 6.84. The number of aromatic nitrogens is 2. The third kappa shape index (κ3) is 3.56. The molecule has 2 heterocycles. The van der Waals surface area contributed by atoms with Crippen LogP contribution in [0.1, 0.15) is 37.6 Å². The van der Waals surface area contributed by atoms with Gasteiger partial charge in [0.15, 0.2) is 0 Å². The van der Waals surface area contributed by atoms with Crippen LogP contribution in [0.15, 0.2) is 23.7 Å². The van der Waals surface area contributed by atoms with Crippen molar-refractivity contribution in [3.8, 4) is 10.6 Å². The van der Waals surface area contributed by atoms with Gasteiger partial charge in [-0.3, -0.25) is 9.48 Å². The number of aryl methyl sites for hydroxylation is 1. The highest BCUT2D eigenvalue weighted by atomic mass is 32.1. The van der Waals surface area contributed by atoms with E-state index in [-0.39, 0.29) is 18.4 Å². The van der Waals surface area contributed by atoms with E-state index in [1.54, 1.807) is 36.2 Å². The molecule has 1 amide bonds. The molecular formula is C16H23N3O2S. The van der Waals surface area contributed by atoms with E-state index in [0.717, 1.165) is 11.3 Å². The Hall–Kier alpha value is -1.66. The number of aliphatic hydroxyl groups is 1. The van der Waals surface area contributed by atoms with Gasteiger partial charge in [0.1, 0.15) is 5.69 Å². The lowest BCUT2D eigenvalue weighted by atomic mass is 9.88. The zero-order valence-corrected chi connectivity index (χ0v) is 14.3. The minimum atomic E-state index is -0.921. The van der Waals surface area contributed by atoms with Crippen molar-refractivity contribution in [2.45, 2.75) is 32.8 Å². The first-order valence-corrected chi connectivity index (χ1v) is 8.31. The third-order valence-electron chi connectivity index (χ3n) is 4.11. The summed E-state index contributed by atoms with van der Waals surface area (Å²) in [7, 11) is 1.79. The Morgan fingerprint density at radius 2 is 2.32 bits per heavy atom. The molecule has 2 atom stereocenters. The monoisotopic (exact) mass is 321 g/mol. The molecule has 120 valence electrons. The number of nitrogens with zero attached hydrogens (tertiary/aromatic N) is 2. The third-order valence-corrected chi connectivity index (χ3v) is 4.99. The summed E-state index contributed by atoms with van der Waals surface area (Å²) in [4.78, 5) is 13.4. The van der Waals surface area contributed by atoms with Crippen LogP contribution in [0.25, 0.3) is 10.6 Å². The van der Waals surface area contributed by atoms with E-state index in [9.17, 15) is 9.90 Å². The zero-order valence-electron chi connectivity index (χ0n) is 13.5. The normalized spacial score (nSPS) is 15.3. The second-order valence-electron chi connectivity index (χ2n) is 5.89. The van der Waals surface area contributed by atoms with Crippen LogP contribution in [0.3, 0.4) is 0 Å². The highest BCUT2D eigenvalue weighted by molar-refractivity contribution is 7.13. The number of thiophene rings is 1. The Labute approximate surface area is 135 Å². The molecule has 0 aliphatic rings. The number of carbonyl (C=O) groups is 1. The van der Waals surface area contributed by atoms with Gasteiger partial charge in [0.25, 0.3) is 5.91 Å². The lowest BCUT2D eigenvalue weighted by molar-refractivity contribution is 0.00593. The van der Waals surface area contributed by atoms with E-state index in [1.807, 2.05) is 31.4 Å². The first-order valence-electron chi connectivity index (χ1n) is 7.43. The molecular weight excluding hydrogens is 298 g/mol. The average molecular weight is 321 g/mol. The maximum atomic E-state index is 12.5. The van der Waals surface area contributed by atoms with Gasteiger partial charge in [-0.2, -0.15) is 5.10 Å². The van der Waals surface area contributed by atoms with E-state index in [1.165, 1.54) is 0 Å². The van der Waals surface area contributed by atoms with E-state index < -0.39 is 5.60 Å². The van der Waals surface area contributed by atoms with Crippen molar-refractivity contribution in [3.63, 3.8) is 0 Å². The van der Waals surface area contributed by atoms with Gasteiger partial charge in [0.2, 0.25) is 0 Å². The largest absolute Gasteiger partial charge is 0.388 e. The Balaban J connectivity index is 2.14. The molecule has 22 heavy (non-hydrogen) atoms. The highest BCUT2D eigenvalue weighted by Gasteiger charge is 2.28. The van der Waals surface area contributed by atoms with Crippen molar-refractivity contribution in [2.24, 2.45) is 13.0 Å². The zero-order chi connectivity index (χ0) is 16.3. The summed E-state index contributed by atoms with van der Waals surface area (Å²) in [5.74, 6) is -0.0986. The van der Waals surface area contributed by atoms with Crippen LogP contribution in [0, 0.1) is 5.92 Å². The van der Waals surface area contributed by atoms with Gasteiger partial charge in [-0.15, -0.1) is 11.3 Å². The summed E-state index contributed by atoms with van der Waals surface area (Å²) < 4.78 is 1.64. The van der Waals surface area contributed by atoms with Crippen LogP contribution in [0.2, 0.25) is 0 Å². The fraction of sp³-hybridized carbons (Fsp3) is 0.500. The molecule has 0 saturated carbocycles. The summed E-state index contributed by atoms with van der Waals surface area (Å²) in [6.45, 7) is 5.98. The minimum absolute atomic E-state index is 0.110. The Morgan fingerprint density at radius 3 is 2.91 bits per heavy atom. The fourth-order valence-corrected chi connectivity index (χ4v) is 2.94. The number of hydrogen-bond acceptors (Lipinski definition) is 4. The Bertz CT molecular complexity index is 632. The summed E-state index contributed by atoms with van der Waals surface area (Å²) in [5, 5.41) is 19.6. The number of hydrogen-bond donors (Lipinski definition) is 2. The van der Waals surface area contributed by atoms with E-state index in [0.29, 0.717) is 11.3 Å². The molecule has 0 aliphatic carbocycles. The number of amides is 1. The van der Waals surface area contributed by atoms with Gasteiger partial charge < -0.3 is 10.4 Å². The van der Waals surface area contributed by atoms with Crippen LogP contribution < -0.4 is 5.32 Å². The maximum Gasteiger partial charge on any atom is 0.255 e. The second kappa shape index (κ2) is 6.62. The van der Waals surface area contributed by atoms with Crippen molar-refractivity contribution in [1.82, 2.24) is 15.1 Å². The fourth-order valence-electron chi connectivity index (χ4n) is 2.22. The predicted octanol–water partition coefficient (Wildman–Crippen LogP) is 2.68. The van der Waals surface area contributed by atoms with Crippen LogP contribution >= 0.6 is 11.3 Å². The number of nitrogens with one attached hydrogen (secondary N) is 1. The highest BCUT2D eigenvalue weighted by Crippen LogP contribution is 2.26. The van der Waals surface area contributed by atoms with Crippen molar-refractivity contribution in [2.75, 3.05) is 6.54 Å². The lowest BCUT2D eigenvalue weighted by Crippen LogP contribution is -2.45. The van der Waals surface area contributed by atoms with Crippen LogP contribution in [-0.4, -0.2) is 32.9 Å². The molecule has 0 radical (unpaired) electrons. The van der Waals surface area contributed by atoms with Crippen molar-refractivity contribution >= 4 is 17.2 Å². The van der Waals surface area contributed by atoms with Crippen LogP contribution in [0.5, 0.6) is 0 Å². The van der Waals surface area contributed by atoms with Crippen LogP contribution in [0.4, 0.5) is 0 Å². The van der Waals surface area contributed by atoms with E-state index >= 15 is 0 Å². The standard InChI is InChI=1S/C16H23N3O2S/c1-5-11(2)16(3,21)10-17-15(20)12-9-19(4)18-14(12)13-7-6-8-22-13/h6-9,11,21H,5,10H2,1-4H3,(H,17,20). The maximum absolute atomic E-state index is 12.5. The molecule has 6 heteroatoms. The quantitative estimate of drug-likeness (QED) is 0.859. The number of carbonyl (C=O) groups excluding carboxylic acids is 1. The molecule has 5 nitrogen and oxygen atoms in total. The first-order chi connectivity index (χ1) is 10.3. The average Bonchev–Trinajstić information content (AvgIpc) is 3.12. The van der Waals surface area contributed by atoms with Gasteiger partial charge in [-0.1, -0.05) is 26.3 Å². The number of rotatable bonds is 6. The van der Waals surface area contributed by atoms with Crippen molar-refractivity contribution in [1.29, 1.82) is 0 Å². The Morgan fingerprint density at radius 1 is 1.59 bits per heavy atom. The van der Waals surface area contributed by atoms with Gasteiger partial charge in [0, 0.05) is 19.8 Å².